The highest BCUT2D eigenvalue weighted by atomic mass is 16.6. The SMILES string of the molecule is NNc1ccc([N+](=O)[O-])c(OCC2CCCC2)n1. The normalized spacial score (nSPS) is 15.6. The molecule has 7 heteroatoms. The zero-order valence-corrected chi connectivity index (χ0v) is 9.96. The average molecular weight is 252 g/mol. The van der Waals surface area contributed by atoms with Crippen LogP contribution in [0, 0.1) is 16.0 Å². The van der Waals surface area contributed by atoms with Crippen LogP contribution in [0.15, 0.2) is 12.1 Å². The Morgan fingerprint density at radius 1 is 1.50 bits per heavy atom. The monoisotopic (exact) mass is 252 g/mol. The quantitative estimate of drug-likeness (QED) is 0.471. The number of hydrazine groups is 1. The molecule has 18 heavy (non-hydrogen) atoms. The minimum Gasteiger partial charge on any atom is -0.472 e. The summed E-state index contributed by atoms with van der Waals surface area (Å²) < 4.78 is 5.48. The van der Waals surface area contributed by atoms with E-state index in [4.69, 9.17) is 10.6 Å². The molecule has 1 aliphatic rings. The predicted octanol–water partition coefficient (Wildman–Crippen LogP) is 1.84. The number of rotatable bonds is 5. The standard InChI is InChI=1S/C11H16N4O3/c12-14-10-6-5-9(15(16)17)11(13-10)18-7-8-3-1-2-4-8/h5-6,8H,1-4,7,12H2,(H,13,14). The van der Waals surface area contributed by atoms with Gasteiger partial charge in [0.15, 0.2) is 0 Å². The lowest BCUT2D eigenvalue weighted by molar-refractivity contribution is -0.386. The van der Waals surface area contributed by atoms with Crippen molar-refractivity contribution in [2.75, 3.05) is 12.0 Å². The molecule has 1 heterocycles. The van der Waals surface area contributed by atoms with Crippen LogP contribution in [0.2, 0.25) is 0 Å². The van der Waals surface area contributed by atoms with Crippen molar-refractivity contribution in [1.82, 2.24) is 4.98 Å². The van der Waals surface area contributed by atoms with Crippen molar-refractivity contribution in [3.05, 3.63) is 22.2 Å². The third-order valence-electron chi connectivity index (χ3n) is 3.12. The van der Waals surface area contributed by atoms with E-state index in [2.05, 4.69) is 10.4 Å². The van der Waals surface area contributed by atoms with Crippen molar-refractivity contribution in [1.29, 1.82) is 0 Å². The van der Waals surface area contributed by atoms with E-state index >= 15 is 0 Å². The Balaban J connectivity index is 2.10. The molecule has 7 nitrogen and oxygen atoms in total. The molecule has 0 atom stereocenters. The van der Waals surface area contributed by atoms with Crippen molar-refractivity contribution in [3.63, 3.8) is 0 Å². The third-order valence-corrected chi connectivity index (χ3v) is 3.12. The molecule has 0 saturated heterocycles. The Hall–Kier alpha value is -1.89. The number of nitro groups is 1. The van der Waals surface area contributed by atoms with Gasteiger partial charge >= 0.3 is 5.69 Å². The Morgan fingerprint density at radius 3 is 2.83 bits per heavy atom. The first-order valence-corrected chi connectivity index (χ1v) is 5.95. The maximum absolute atomic E-state index is 10.9. The molecule has 0 bridgehead atoms. The zero-order valence-electron chi connectivity index (χ0n) is 9.96. The van der Waals surface area contributed by atoms with Crippen LogP contribution < -0.4 is 16.0 Å². The summed E-state index contributed by atoms with van der Waals surface area (Å²) in [6, 6.07) is 2.78. The van der Waals surface area contributed by atoms with Gasteiger partial charge in [-0.15, -0.1) is 0 Å². The molecule has 1 fully saturated rings. The maximum atomic E-state index is 10.9. The van der Waals surface area contributed by atoms with Gasteiger partial charge < -0.3 is 10.2 Å². The summed E-state index contributed by atoms with van der Waals surface area (Å²) >= 11 is 0. The molecule has 1 aliphatic carbocycles. The molecule has 1 aromatic heterocycles. The fraction of sp³-hybridized carbons (Fsp3) is 0.545. The summed E-state index contributed by atoms with van der Waals surface area (Å²) in [6.45, 7) is 0.474. The lowest BCUT2D eigenvalue weighted by atomic mass is 10.1. The zero-order chi connectivity index (χ0) is 13.0. The van der Waals surface area contributed by atoms with E-state index in [9.17, 15) is 10.1 Å². The van der Waals surface area contributed by atoms with Crippen LogP contribution in [0.3, 0.4) is 0 Å². The van der Waals surface area contributed by atoms with Crippen LogP contribution in [-0.2, 0) is 0 Å². The lowest BCUT2D eigenvalue weighted by Crippen LogP contribution is -2.13. The van der Waals surface area contributed by atoms with Gasteiger partial charge in [0.25, 0.3) is 5.88 Å². The molecule has 1 saturated carbocycles. The summed E-state index contributed by atoms with van der Waals surface area (Å²) in [6.07, 6.45) is 4.63. The van der Waals surface area contributed by atoms with E-state index in [1.807, 2.05) is 0 Å². The van der Waals surface area contributed by atoms with Crippen LogP contribution in [0.5, 0.6) is 5.88 Å². The Morgan fingerprint density at radius 2 is 2.22 bits per heavy atom. The van der Waals surface area contributed by atoms with Crippen molar-refractivity contribution in [2.24, 2.45) is 11.8 Å². The predicted molar refractivity (Wildman–Crippen MR) is 66.2 cm³/mol. The van der Waals surface area contributed by atoms with Gasteiger partial charge in [-0.2, -0.15) is 4.98 Å². The summed E-state index contributed by atoms with van der Waals surface area (Å²) in [5, 5.41) is 10.9. The number of nitrogens with zero attached hydrogens (tertiary/aromatic N) is 2. The van der Waals surface area contributed by atoms with Crippen LogP contribution in [-0.4, -0.2) is 16.5 Å². The first-order chi connectivity index (χ1) is 8.70. The first-order valence-electron chi connectivity index (χ1n) is 5.95. The summed E-state index contributed by atoms with van der Waals surface area (Å²) in [5.41, 5.74) is 2.22. The van der Waals surface area contributed by atoms with Crippen molar-refractivity contribution in [2.45, 2.75) is 25.7 Å². The van der Waals surface area contributed by atoms with Crippen molar-refractivity contribution in [3.8, 4) is 5.88 Å². The molecule has 1 aromatic rings. The summed E-state index contributed by atoms with van der Waals surface area (Å²) in [7, 11) is 0. The van der Waals surface area contributed by atoms with Gasteiger partial charge in [0, 0.05) is 6.07 Å². The number of nitrogens with two attached hydrogens (primary N) is 1. The van der Waals surface area contributed by atoms with Gasteiger partial charge in [0.05, 0.1) is 11.5 Å². The molecule has 98 valence electrons. The van der Waals surface area contributed by atoms with Crippen LogP contribution in [0.4, 0.5) is 11.5 Å². The fourth-order valence-corrected chi connectivity index (χ4v) is 2.13. The largest absolute Gasteiger partial charge is 0.472 e. The number of aromatic nitrogens is 1. The first kappa shape index (κ1) is 12.6. The van der Waals surface area contributed by atoms with Crippen molar-refractivity contribution >= 4 is 11.5 Å². The number of hydrogen-bond acceptors (Lipinski definition) is 6. The van der Waals surface area contributed by atoms with E-state index in [-0.39, 0.29) is 11.6 Å². The highest BCUT2D eigenvalue weighted by Gasteiger charge is 2.21. The molecule has 3 N–H and O–H groups in total. The second-order valence-corrected chi connectivity index (χ2v) is 4.38. The van der Waals surface area contributed by atoms with Crippen LogP contribution in [0.25, 0.3) is 0 Å². The van der Waals surface area contributed by atoms with Crippen molar-refractivity contribution < 1.29 is 9.66 Å². The molecular formula is C11H16N4O3. The molecule has 0 unspecified atom stereocenters. The van der Waals surface area contributed by atoms with E-state index in [1.54, 1.807) is 0 Å². The Kier molecular flexibility index (Phi) is 3.93. The average Bonchev–Trinajstić information content (AvgIpc) is 2.88. The molecule has 0 aromatic carbocycles. The van der Waals surface area contributed by atoms with Gasteiger partial charge in [-0.25, -0.2) is 5.84 Å². The summed E-state index contributed by atoms with van der Waals surface area (Å²) in [4.78, 5) is 14.3. The van der Waals surface area contributed by atoms with Crippen LogP contribution in [0.1, 0.15) is 25.7 Å². The number of ether oxygens (including phenoxy) is 1. The van der Waals surface area contributed by atoms with Gasteiger partial charge in [0.1, 0.15) is 5.82 Å². The van der Waals surface area contributed by atoms with E-state index in [1.165, 1.54) is 25.0 Å². The number of nitrogens with one attached hydrogen (secondary N) is 1. The Bertz CT molecular complexity index is 432. The number of pyridine rings is 1. The molecular weight excluding hydrogens is 236 g/mol. The van der Waals surface area contributed by atoms with E-state index in [0.717, 1.165) is 12.8 Å². The van der Waals surface area contributed by atoms with E-state index < -0.39 is 4.92 Å². The van der Waals surface area contributed by atoms with E-state index in [0.29, 0.717) is 18.3 Å². The highest BCUT2D eigenvalue weighted by molar-refractivity contribution is 5.48. The van der Waals surface area contributed by atoms with Gasteiger partial charge in [-0.05, 0) is 24.8 Å². The number of anilines is 1. The van der Waals surface area contributed by atoms with Crippen LogP contribution >= 0.6 is 0 Å². The number of nitrogen functional groups attached to an aromatic ring is 1. The molecule has 0 spiro atoms. The molecule has 0 radical (unpaired) electrons. The smallest absolute Gasteiger partial charge is 0.331 e. The van der Waals surface area contributed by atoms with Gasteiger partial charge in [0.2, 0.25) is 0 Å². The minimum atomic E-state index is -0.503. The van der Waals surface area contributed by atoms with Gasteiger partial charge in [-0.3, -0.25) is 10.1 Å². The second-order valence-electron chi connectivity index (χ2n) is 4.38. The maximum Gasteiger partial charge on any atom is 0.331 e. The summed E-state index contributed by atoms with van der Waals surface area (Å²) in [5.74, 6) is 6.08. The Labute approximate surface area is 104 Å². The minimum absolute atomic E-state index is 0.0300. The lowest BCUT2D eigenvalue weighted by Gasteiger charge is -2.11. The number of hydrogen-bond donors (Lipinski definition) is 2. The molecule has 2 rings (SSSR count). The third kappa shape index (κ3) is 2.86. The fourth-order valence-electron chi connectivity index (χ4n) is 2.13. The van der Waals surface area contributed by atoms with Gasteiger partial charge in [-0.1, -0.05) is 12.8 Å². The highest BCUT2D eigenvalue weighted by Crippen LogP contribution is 2.29. The topological polar surface area (TPSA) is 103 Å². The molecule has 0 amide bonds. The molecule has 0 aliphatic heterocycles. The second kappa shape index (κ2) is 5.63.